The van der Waals surface area contributed by atoms with Gasteiger partial charge in [-0.05, 0) is 68.3 Å². The van der Waals surface area contributed by atoms with Gasteiger partial charge in [0, 0.05) is 10.7 Å². The Bertz CT molecular complexity index is 686. The van der Waals surface area contributed by atoms with E-state index in [1.807, 2.05) is 51.1 Å². The predicted molar refractivity (Wildman–Crippen MR) is 97.1 cm³/mol. The van der Waals surface area contributed by atoms with E-state index in [2.05, 4.69) is 5.32 Å². The Labute approximate surface area is 147 Å². The molecule has 0 radical (unpaired) electrons. The van der Waals surface area contributed by atoms with Gasteiger partial charge in [-0.25, -0.2) is 0 Å². The zero-order chi connectivity index (χ0) is 17.5. The van der Waals surface area contributed by atoms with Crippen molar-refractivity contribution < 1.29 is 14.3 Å². The molecule has 2 rings (SSSR count). The number of amides is 1. The van der Waals surface area contributed by atoms with Crippen LogP contribution in [-0.4, -0.2) is 18.6 Å². The summed E-state index contributed by atoms with van der Waals surface area (Å²) in [5, 5.41) is 3.54. The van der Waals surface area contributed by atoms with E-state index in [-0.39, 0.29) is 5.91 Å². The highest BCUT2D eigenvalue weighted by Gasteiger charge is 2.18. The second-order valence-corrected chi connectivity index (χ2v) is 5.78. The van der Waals surface area contributed by atoms with E-state index >= 15 is 0 Å². The summed E-state index contributed by atoms with van der Waals surface area (Å²) < 4.78 is 11.2. The molecule has 0 bridgehead atoms. The Morgan fingerprint density at radius 2 is 1.79 bits per heavy atom. The molecule has 0 aliphatic carbocycles. The van der Waals surface area contributed by atoms with Gasteiger partial charge in [0.15, 0.2) is 6.10 Å². The van der Waals surface area contributed by atoms with E-state index < -0.39 is 6.10 Å². The molecule has 1 amide bonds. The number of aryl methyl sites for hydroxylation is 1. The Morgan fingerprint density at radius 3 is 2.38 bits per heavy atom. The monoisotopic (exact) mass is 347 g/mol. The second kappa shape index (κ2) is 8.60. The van der Waals surface area contributed by atoms with Gasteiger partial charge >= 0.3 is 0 Å². The summed E-state index contributed by atoms with van der Waals surface area (Å²) in [5.41, 5.74) is 1.62. The third-order valence-electron chi connectivity index (χ3n) is 3.50. The molecule has 1 atom stereocenters. The van der Waals surface area contributed by atoms with Crippen molar-refractivity contribution in [3.05, 3.63) is 53.1 Å². The van der Waals surface area contributed by atoms with Crippen LogP contribution in [0.25, 0.3) is 0 Å². The summed E-state index contributed by atoms with van der Waals surface area (Å²) in [6.07, 6.45) is -0.0120. The summed E-state index contributed by atoms with van der Waals surface area (Å²) in [6.45, 7) is 6.34. The number of hydrogen-bond donors (Lipinski definition) is 1. The third-order valence-corrected chi connectivity index (χ3v) is 3.93. The molecule has 5 heteroatoms. The average Bonchev–Trinajstić information content (AvgIpc) is 2.57. The van der Waals surface area contributed by atoms with Crippen LogP contribution in [0.5, 0.6) is 11.5 Å². The number of halogens is 1. The van der Waals surface area contributed by atoms with Gasteiger partial charge in [0.1, 0.15) is 11.5 Å². The first kappa shape index (κ1) is 18.1. The van der Waals surface area contributed by atoms with Crippen molar-refractivity contribution in [2.75, 3.05) is 11.9 Å². The van der Waals surface area contributed by atoms with E-state index in [0.29, 0.717) is 29.5 Å². The molecule has 4 nitrogen and oxygen atoms in total. The lowest BCUT2D eigenvalue weighted by atomic mass is 10.2. The quantitative estimate of drug-likeness (QED) is 0.779. The predicted octanol–water partition coefficient (Wildman–Crippen LogP) is 4.84. The molecule has 24 heavy (non-hydrogen) atoms. The van der Waals surface area contributed by atoms with Crippen molar-refractivity contribution >= 4 is 23.2 Å². The molecular weight excluding hydrogens is 326 g/mol. The van der Waals surface area contributed by atoms with Crippen LogP contribution >= 0.6 is 11.6 Å². The van der Waals surface area contributed by atoms with Crippen molar-refractivity contribution in [3.8, 4) is 11.5 Å². The Hall–Kier alpha value is -2.20. The molecule has 0 saturated heterocycles. The number of benzene rings is 2. The SMILES string of the molecule is CCOc1ccc(NC(=O)[C@@H](CC)Oc2ccc(Cl)c(C)c2)cc1. The normalized spacial score (nSPS) is 11.7. The zero-order valence-electron chi connectivity index (χ0n) is 14.1. The number of carbonyl (C=O) groups excluding carboxylic acids is 1. The number of nitrogens with one attached hydrogen (secondary N) is 1. The van der Waals surface area contributed by atoms with E-state index in [4.69, 9.17) is 21.1 Å². The largest absolute Gasteiger partial charge is 0.494 e. The maximum atomic E-state index is 12.4. The molecule has 0 heterocycles. The summed E-state index contributed by atoms with van der Waals surface area (Å²) in [7, 11) is 0. The maximum Gasteiger partial charge on any atom is 0.265 e. The first-order valence-corrected chi connectivity index (χ1v) is 8.37. The number of hydrogen-bond acceptors (Lipinski definition) is 3. The average molecular weight is 348 g/mol. The molecule has 0 saturated carbocycles. The fraction of sp³-hybridized carbons (Fsp3) is 0.316. The molecule has 0 unspecified atom stereocenters. The highest BCUT2D eigenvalue weighted by molar-refractivity contribution is 6.31. The van der Waals surface area contributed by atoms with Crippen molar-refractivity contribution in [3.63, 3.8) is 0 Å². The minimum Gasteiger partial charge on any atom is -0.494 e. The molecule has 128 valence electrons. The number of rotatable bonds is 7. The third kappa shape index (κ3) is 4.90. The van der Waals surface area contributed by atoms with Gasteiger partial charge in [0.25, 0.3) is 5.91 Å². The van der Waals surface area contributed by atoms with Crippen LogP contribution in [0, 0.1) is 6.92 Å². The first-order valence-electron chi connectivity index (χ1n) is 8.00. The van der Waals surface area contributed by atoms with Gasteiger partial charge < -0.3 is 14.8 Å². The zero-order valence-corrected chi connectivity index (χ0v) is 14.9. The van der Waals surface area contributed by atoms with Crippen molar-refractivity contribution in [1.29, 1.82) is 0 Å². The van der Waals surface area contributed by atoms with E-state index in [0.717, 1.165) is 11.3 Å². The van der Waals surface area contributed by atoms with Crippen LogP contribution in [0.15, 0.2) is 42.5 Å². The molecule has 2 aromatic rings. The standard InChI is InChI=1S/C19H22ClNO3/c1-4-18(24-16-10-11-17(20)13(3)12-16)19(22)21-14-6-8-15(9-7-14)23-5-2/h6-12,18H,4-5H2,1-3H3,(H,21,22)/t18-/m1/s1. The Balaban J connectivity index is 2.01. The summed E-state index contributed by atoms with van der Waals surface area (Å²) in [4.78, 5) is 12.4. The Kier molecular flexibility index (Phi) is 6.50. The number of carbonyl (C=O) groups is 1. The van der Waals surface area contributed by atoms with Gasteiger partial charge in [0.05, 0.1) is 6.61 Å². The molecule has 0 fully saturated rings. The van der Waals surface area contributed by atoms with Gasteiger partial charge in [-0.15, -0.1) is 0 Å². The molecule has 0 aliphatic rings. The molecule has 0 aromatic heterocycles. The summed E-state index contributed by atoms with van der Waals surface area (Å²) in [6, 6.07) is 12.6. The highest BCUT2D eigenvalue weighted by Crippen LogP contribution is 2.23. The fourth-order valence-corrected chi connectivity index (χ4v) is 2.32. The van der Waals surface area contributed by atoms with Crippen LogP contribution < -0.4 is 14.8 Å². The van der Waals surface area contributed by atoms with Crippen LogP contribution in [0.2, 0.25) is 5.02 Å². The summed E-state index contributed by atoms with van der Waals surface area (Å²) in [5.74, 6) is 1.22. The van der Waals surface area contributed by atoms with E-state index in [1.165, 1.54) is 0 Å². The molecule has 2 aromatic carbocycles. The molecule has 1 N–H and O–H groups in total. The van der Waals surface area contributed by atoms with Crippen LogP contribution in [-0.2, 0) is 4.79 Å². The smallest absolute Gasteiger partial charge is 0.265 e. The van der Waals surface area contributed by atoms with Crippen LogP contribution in [0.3, 0.4) is 0 Å². The fourth-order valence-electron chi connectivity index (χ4n) is 2.20. The van der Waals surface area contributed by atoms with Crippen molar-refractivity contribution in [1.82, 2.24) is 0 Å². The second-order valence-electron chi connectivity index (χ2n) is 5.37. The molecular formula is C19H22ClNO3. The van der Waals surface area contributed by atoms with Crippen LogP contribution in [0.1, 0.15) is 25.8 Å². The van der Waals surface area contributed by atoms with Gasteiger partial charge in [-0.2, -0.15) is 0 Å². The highest BCUT2D eigenvalue weighted by atomic mass is 35.5. The van der Waals surface area contributed by atoms with Crippen molar-refractivity contribution in [2.24, 2.45) is 0 Å². The Morgan fingerprint density at radius 1 is 1.12 bits per heavy atom. The van der Waals surface area contributed by atoms with Crippen molar-refractivity contribution in [2.45, 2.75) is 33.3 Å². The minimum atomic E-state index is -0.572. The van der Waals surface area contributed by atoms with E-state index in [1.54, 1.807) is 12.1 Å². The molecule has 0 spiro atoms. The minimum absolute atomic E-state index is 0.186. The lowest BCUT2D eigenvalue weighted by molar-refractivity contribution is -0.122. The summed E-state index contributed by atoms with van der Waals surface area (Å²) >= 11 is 6.01. The maximum absolute atomic E-state index is 12.4. The lowest BCUT2D eigenvalue weighted by Gasteiger charge is -2.18. The van der Waals surface area contributed by atoms with Gasteiger partial charge in [0.2, 0.25) is 0 Å². The van der Waals surface area contributed by atoms with Crippen LogP contribution in [0.4, 0.5) is 5.69 Å². The lowest BCUT2D eigenvalue weighted by Crippen LogP contribution is -2.32. The number of ether oxygens (including phenoxy) is 2. The first-order chi connectivity index (χ1) is 11.5. The van der Waals surface area contributed by atoms with E-state index in [9.17, 15) is 4.79 Å². The molecule has 0 aliphatic heterocycles. The number of anilines is 1. The van der Waals surface area contributed by atoms with Gasteiger partial charge in [-0.3, -0.25) is 4.79 Å². The topological polar surface area (TPSA) is 47.6 Å². The van der Waals surface area contributed by atoms with Gasteiger partial charge in [-0.1, -0.05) is 18.5 Å².